The third-order valence-corrected chi connectivity index (χ3v) is 5.79. The van der Waals surface area contributed by atoms with E-state index in [9.17, 15) is 14.4 Å². The third-order valence-electron chi connectivity index (χ3n) is 5.79. The summed E-state index contributed by atoms with van der Waals surface area (Å²) in [7, 11) is 1.23. The van der Waals surface area contributed by atoms with Crippen LogP contribution in [0.2, 0.25) is 0 Å². The molecule has 0 aromatic heterocycles. The van der Waals surface area contributed by atoms with Crippen molar-refractivity contribution in [2.75, 3.05) is 13.7 Å². The van der Waals surface area contributed by atoms with E-state index in [1.54, 1.807) is 6.92 Å². The minimum atomic E-state index is -1.49. The summed E-state index contributed by atoms with van der Waals surface area (Å²) in [5.74, 6) is -0.865. The van der Waals surface area contributed by atoms with Gasteiger partial charge in [0.2, 0.25) is 0 Å². The molecule has 160 valence electrons. The molecule has 0 saturated carbocycles. The molecule has 1 aliphatic heterocycles. The topological polar surface area (TPSA) is 78.9 Å². The summed E-state index contributed by atoms with van der Waals surface area (Å²) in [6, 6.07) is 10.4. The smallest absolute Gasteiger partial charge is 0.329 e. The van der Waals surface area contributed by atoms with E-state index in [1.807, 2.05) is 12.1 Å². The number of carbonyl (C=O) groups is 3. The van der Waals surface area contributed by atoms with E-state index in [4.69, 9.17) is 14.2 Å². The lowest BCUT2D eigenvalue weighted by Gasteiger charge is -2.21. The van der Waals surface area contributed by atoms with Gasteiger partial charge in [0.15, 0.2) is 5.41 Å². The van der Waals surface area contributed by atoms with Gasteiger partial charge in [0.1, 0.15) is 5.76 Å². The molecule has 2 atom stereocenters. The molecule has 0 spiro atoms. The van der Waals surface area contributed by atoms with Crippen LogP contribution < -0.4 is 0 Å². The van der Waals surface area contributed by atoms with Gasteiger partial charge in [-0.15, -0.1) is 0 Å². The Hall–Kier alpha value is -2.89. The highest BCUT2D eigenvalue weighted by atomic mass is 16.6. The number of hydrogen-bond acceptors (Lipinski definition) is 6. The van der Waals surface area contributed by atoms with Gasteiger partial charge in [-0.25, -0.2) is 0 Å². The molecule has 0 amide bonds. The van der Waals surface area contributed by atoms with E-state index in [1.165, 1.54) is 12.7 Å². The van der Waals surface area contributed by atoms with Crippen LogP contribution in [0.5, 0.6) is 0 Å². The average molecular weight is 412 g/mol. The van der Waals surface area contributed by atoms with Crippen molar-refractivity contribution in [1.82, 2.24) is 0 Å². The van der Waals surface area contributed by atoms with Crippen molar-refractivity contribution < 1.29 is 28.6 Å². The Morgan fingerprint density at radius 2 is 2.03 bits per heavy atom. The number of rotatable bonds is 7. The highest BCUT2D eigenvalue weighted by Gasteiger charge is 2.54. The maximum Gasteiger partial charge on any atom is 0.329 e. The number of hydrogen-bond donors (Lipinski definition) is 0. The van der Waals surface area contributed by atoms with Gasteiger partial charge in [-0.2, -0.15) is 0 Å². The zero-order valence-corrected chi connectivity index (χ0v) is 17.5. The molecule has 0 bridgehead atoms. The Kier molecular flexibility index (Phi) is 7.08. The van der Waals surface area contributed by atoms with Crippen LogP contribution in [0.25, 0.3) is 0 Å². The first-order valence-electron chi connectivity index (χ1n) is 10.4. The molecule has 1 heterocycles. The molecule has 1 fully saturated rings. The third kappa shape index (κ3) is 4.81. The lowest BCUT2D eigenvalue weighted by atomic mass is 9.80. The van der Waals surface area contributed by atoms with E-state index in [0.29, 0.717) is 11.7 Å². The Balaban J connectivity index is 1.71. The summed E-state index contributed by atoms with van der Waals surface area (Å²) in [6.45, 7) is 1.96. The molecule has 2 unspecified atom stereocenters. The first kappa shape index (κ1) is 21.8. The van der Waals surface area contributed by atoms with Crippen LogP contribution in [0.1, 0.15) is 56.9 Å². The summed E-state index contributed by atoms with van der Waals surface area (Å²) in [6.07, 6.45) is 6.87. The molecular formula is C24H28O6. The lowest BCUT2D eigenvalue weighted by Crippen LogP contribution is -2.37. The quantitative estimate of drug-likeness (QED) is 0.379. The lowest BCUT2D eigenvalue weighted by molar-refractivity contribution is -0.163. The van der Waals surface area contributed by atoms with Crippen LogP contribution in [-0.4, -0.2) is 31.6 Å². The van der Waals surface area contributed by atoms with Crippen molar-refractivity contribution in [3.63, 3.8) is 0 Å². The van der Waals surface area contributed by atoms with Crippen molar-refractivity contribution in [1.29, 1.82) is 0 Å². The molecule has 30 heavy (non-hydrogen) atoms. The van der Waals surface area contributed by atoms with E-state index in [-0.39, 0.29) is 25.9 Å². The van der Waals surface area contributed by atoms with E-state index < -0.39 is 23.3 Å². The van der Waals surface area contributed by atoms with Crippen molar-refractivity contribution >= 4 is 17.9 Å². The molecule has 6 heteroatoms. The molecule has 1 aromatic carbocycles. The van der Waals surface area contributed by atoms with Crippen molar-refractivity contribution in [3.05, 3.63) is 59.4 Å². The van der Waals surface area contributed by atoms with Crippen LogP contribution in [0.3, 0.4) is 0 Å². The van der Waals surface area contributed by atoms with Crippen LogP contribution >= 0.6 is 0 Å². The van der Waals surface area contributed by atoms with E-state index in [0.717, 1.165) is 24.8 Å². The van der Waals surface area contributed by atoms with Crippen LogP contribution in [-0.2, 0) is 28.6 Å². The Morgan fingerprint density at radius 1 is 1.27 bits per heavy atom. The first-order chi connectivity index (χ1) is 14.5. The number of methoxy groups -OCH3 is 1. The highest BCUT2D eigenvalue weighted by molar-refractivity contribution is 6.02. The fraction of sp³-hybridized carbons (Fsp3) is 0.458. The van der Waals surface area contributed by atoms with Gasteiger partial charge in [0.25, 0.3) is 0 Å². The van der Waals surface area contributed by atoms with Crippen LogP contribution in [0.15, 0.2) is 53.8 Å². The van der Waals surface area contributed by atoms with E-state index in [2.05, 4.69) is 30.3 Å². The molecule has 1 aliphatic carbocycles. The van der Waals surface area contributed by atoms with Crippen molar-refractivity contribution in [2.45, 2.75) is 51.4 Å². The molecule has 1 saturated heterocycles. The molecule has 1 aromatic rings. The largest absolute Gasteiger partial charge is 0.468 e. The summed E-state index contributed by atoms with van der Waals surface area (Å²) in [4.78, 5) is 36.8. The number of allylic oxidation sites excluding steroid dienone is 4. The van der Waals surface area contributed by atoms with Gasteiger partial charge in [-0.3, -0.25) is 14.4 Å². The fourth-order valence-corrected chi connectivity index (χ4v) is 4.12. The van der Waals surface area contributed by atoms with Gasteiger partial charge in [0.05, 0.1) is 13.7 Å². The molecule has 2 aliphatic rings. The van der Waals surface area contributed by atoms with Crippen molar-refractivity contribution in [3.8, 4) is 0 Å². The van der Waals surface area contributed by atoms with E-state index >= 15 is 0 Å². The zero-order valence-electron chi connectivity index (χ0n) is 17.5. The SMILES string of the molecule is CCOC(=O)CCC1(C(=O)OC)C/C(=C\C2=CCC(c3ccccc3)CC2)OC1=O. The molecule has 0 N–H and O–H groups in total. The second kappa shape index (κ2) is 9.74. The minimum absolute atomic E-state index is 0.00378. The first-order valence-corrected chi connectivity index (χ1v) is 10.4. The van der Waals surface area contributed by atoms with Crippen molar-refractivity contribution in [2.24, 2.45) is 5.41 Å². The maximum atomic E-state index is 12.6. The number of cyclic esters (lactones) is 1. The van der Waals surface area contributed by atoms with Crippen LogP contribution in [0.4, 0.5) is 0 Å². The zero-order chi connectivity index (χ0) is 21.6. The predicted molar refractivity (Wildman–Crippen MR) is 110 cm³/mol. The average Bonchev–Trinajstić information content (AvgIpc) is 3.09. The highest BCUT2D eigenvalue weighted by Crippen LogP contribution is 2.43. The fourth-order valence-electron chi connectivity index (χ4n) is 4.12. The molecule has 3 rings (SSSR count). The van der Waals surface area contributed by atoms with Gasteiger partial charge >= 0.3 is 17.9 Å². The van der Waals surface area contributed by atoms with Crippen LogP contribution in [0, 0.1) is 5.41 Å². The maximum absolute atomic E-state index is 12.6. The Labute approximate surface area is 176 Å². The summed E-state index contributed by atoms with van der Waals surface area (Å²) < 4.78 is 15.2. The number of carbonyl (C=O) groups excluding carboxylic acids is 3. The Bertz CT molecular complexity index is 854. The molecule has 0 radical (unpaired) electrons. The monoisotopic (exact) mass is 412 g/mol. The standard InChI is InChI=1S/C24H28O6/c1-3-29-21(25)13-14-24(22(26)28-2)16-20(30-23(24)27)15-17-9-11-19(12-10-17)18-7-5-4-6-8-18/h4-9,15,19H,3,10-14,16H2,1-2H3/b20-15+. The summed E-state index contributed by atoms with van der Waals surface area (Å²) in [5.41, 5.74) is 0.933. The minimum Gasteiger partial charge on any atom is -0.468 e. The summed E-state index contributed by atoms with van der Waals surface area (Å²) >= 11 is 0. The second-order valence-electron chi connectivity index (χ2n) is 7.72. The molecular weight excluding hydrogens is 384 g/mol. The van der Waals surface area contributed by atoms with Gasteiger partial charge in [0, 0.05) is 12.8 Å². The normalized spacial score (nSPS) is 24.9. The van der Waals surface area contributed by atoms with Gasteiger partial charge in [-0.1, -0.05) is 36.4 Å². The number of ether oxygens (including phenoxy) is 3. The second-order valence-corrected chi connectivity index (χ2v) is 7.72. The predicted octanol–water partition coefficient (Wildman–Crippen LogP) is 4.21. The molecule has 6 nitrogen and oxygen atoms in total. The number of esters is 3. The van der Waals surface area contributed by atoms with Gasteiger partial charge in [-0.05, 0) is 55.7 Å². The number of benzene rings is 1. The summed E-state index contributed by atoms with van der Waals surface area (Å²) in [5, 5.41) is 0. The van der Waals surface area contributed by atoms with Gasteiger partial charge < -0.3 is 14.2 Å². The Morgan fingerprint density at radius 3 is 2.67 bits per heavy atom.